The van der Waals surface area contributed by atoms with Gasteiger partial charge < -0.3 is 14.7 Å². The van der Waals surface area contributed by atoms with E-state index >= 15 is 0 Å². The number of hydrogen-bond donors (Lipinski definition) is 1. The highest BCUT2D eigenvalue weighted by Crippen LogP contribution is 2.32. The number of ether oxygens (including phenoxy) is 1. The van der Waals surface area contributed by atoms with E-state index in [1.165, 1.54) is 31.7 Å². The Kier molecular flexibility index (Phi) is 6.31. The van der Waals surface area contributed by atoms with Gasteiger partial charge in [-0.15, -0.1) is 5.10 Å². The average molecular weight is 463 g/mol. The van der Waals surface area contributed by atoms with E-state index in [1.807, 2.05) is 29.2 Å². The van der Waals surface area contributed by atoms with Gasteiger partial charge in [-0.25, -0.2) is 19.4 Å². The number of morpholine rings is 1. The highest BCUT2D eigenvalue weighted by Gasteiger charge is 2.35. The molecule has 1 saturated carbocycles. The molecule has 2 fully saturated rings. The lowest BCUT2D eigenvalue weighted by Crippen LogP contribution is -2.52. The predicted molar refractivity (Wildman–Crippen MR) is 122 cm³/mol. The van der Waals surface area contributed by atoms with Gasteiger partial charge in [-0.1, -0.05) is 36.6 Å². The van der Waals surface area contributed by atoms with Gasteiger partial charge in [-0.05, 0) is 30.9 Å². The first-order valence-corrected chi connectivity index (χ1v) is 11.6. The number of benzene rings is 1. The summed E-state index contributed by atoms with van der Waals surface area (Å²) in [4.78, 5) is 34.4. The number of carboxylic acids is 1. The first-order valence-electron chi connectivity index (χ1n) is 11.6. The fourth-order valence-corrected chi connectivity index (χ4v) is 4.88. The number of rotatable bonds is 5. The van der Waals surface area contributed by atoms with Crippen LogP contribution in [0.25, 0.3) is 16.9 Å². The zero-order valence-electron chi connectivity index (χ0n) is 18.7. The quantitative estimate of drug-likeness (QED) is 0.614. The lowest BCUT2D eigenvalue weighted by Gasteiger charge is -2.41. The Balaban J connectivity index is 1.42. The molecular formula is C24H26N6O4. The highest BCUT2D eigenvalue weighted by atomic mass is 16.5. The van der Waals surface area contributed by atoms with Crippen LogP contribution in [-0.2, 0) is 4.74 Å². The third-order valence-corrected chi connectivity index (χ3v) is 6.63. The molecule has 1 aromatic carbocycles. The van der Waals surface area contributed by atoms with E-state index in [0.717, 1.165) is 12.8 Å². The molecule has 1 N–H and O–H groups in total. The van der Waals surface area contributed by atoms with Crippen LogP contribution < -0.4 is 0 Å². The Labute approximate surface area is 196 Å². The summed E-state index contributed by atoms with van der Waals surface area (Å²) in [6.45, 7) is 1.69. The third-order valence-electron chi connectivity index (χ3n) is 6.63. The lowest BCUT2D eigenvalue weighted by atomic mass is 9.83. The number of amides is 1. The molecule has 10 heteroatoms. The van der Waals surface area contributed by atoms with Gasteiger partial charge >= 0.3 is 5.97 Å². The van der Waals surface area contributed by atoms with Gasteiger partial charge in [0.05, 0.1) is 36.7 Å². The van der Waals surface area contributed by atoms with E-state index in [2.05, 4.69) is 20.3 Å². The van der Waals surface area contributed by atoms with Crippen molar-refractivity contribution in [1.29, 1.82) is 0 Å². The normalized spacial score (nSPS) is 19.2. The van der Waals surface area contributed by atoms with Crippen molar-refractivity contribution in [2.45, 2.75) is 38.1 Å². The van der Waals surface area contributed by atoms with Gasteiger partial charge in [0.1, 0.15) is 5.69 Å². The number of carbonyl (C=O) groups is 2. The van der Waals surface area contributed by atoms with Gasteiger partial charge in [0.15, 0.2) is 0 Å². The summed E-state index contributed by atoms with van der Waals surface area (Å²) in [7, 11) is 0. The van der Waals surface area contributed by atoms with Crippen LogP contribution in [0, 0.1) is 5.92 Å². The molecule has 5 rings (SSSR count). The van der Waals surface area contributed by atoms with Gasteiger partial charge in [-0.2, -0.15) is 0 Å². The fourth-order valence-electron chi connectivity index (χ4n) is 4.88. The van der Waals surface area contributed by atoms with Crippen molar-refractivity contribution in [3.05, 3.63) is 54.2 Å². The Morgan fingerprint density at radius 3 is 2.59 bits per heavy atom. The Morgan fingerprint density at radius 2 is 1.82 bits per heavy atom. The van der Waals surface area contributed by atoms with Gasteiger partial charge in [-0.3, -0.25) is 4.79 Å². The van der Waals surface area contributed by atoms with Gasteiger partial charge in [0.25, 0.3) is 5.91 Å². The minimum atomic E-state index is -1.20. The molecule has 1 unspecified atom stereocenters. The summed E-state index contributed by atoms with van der Waals surface area (Å²) in [6.07, 6.45) is 10.4. The minimum Gasteiger partial charge on any atom is -0.475 e. The Hall–Kier alpha value is -3.66. The molecule has 10 nitrogen and oxygen atoms in total. The van der Waals surface area contributed by atoms with Crippen LogP contribution in [0.1, 0.15) is 53.1 Å². The second-order valence-corrected chi connectivity index (χ2v) is 8.70. The van der Waals surface area contributed by atoms with E-state index in [1.54, 1.807) is 10.9 Å². The second-order valence-electron chi connectivity index (χ2n) is 8.70. The topological polar surface area (TPSA) is 123 Å². The number of hydrogen-bond acceptors (Lipinski definition) is 7. The summed E-state index contributed by atoms with van der Waals surface area (Å²) < 4.78 is 7.33. The van der Waals surface area contributed by atoms with Gasteiger partial charge in [0, 0.05) is 24.5 Å². The number of carboxylic acid groups (broad SMARTS) is 1. The van der Waals surface area contributed by atoms with Crippen molar-refractivity contribution in [2.75, 3.05) is 19.8 Å². The zero-order valence-corrected chi connectivity index (χ0v) is 18.7. The minimum absolute atomic E-state index is 0.0272. The first-order chi connectivity index (χ1) is 16.6. The van der Waals surface area contributed by atoms with Crippen LogP contribution >= 0.6 is 0 Å². The predicted octanol–water partition coefficient (Wildman–Crippen LogP) is 2.84. The number of aromatic carboxylic acids is 1. The molecule has 1 aliphatic heterocycles. The zero-order chi connectivity index (χ0) is 23.5. The van der Waals surface area contributed by atoms with Crippen LogP contribution in [0.4, 0.5) is 0 Å². The maximum atomic E-state index is 13.8. The standard InChI is InChI=1S/C24H26N6O4/c31-23(29-10-11-34-15-21(29)16-6-2-1-3-7-16)18-8-4-5-9-20(18)30-14-19(27-28-30)17-12-25-22(24(32)33)26-13-17/h4-5,8-9,12-14,16,21H,1-3,6-7,10-11,15H2,(H,32,33). The summed E-state index contributed by atoms with van der Waals surface area (Å²) in [5.74, 6) is -1.04. The monoisotopic (exact) mass is 462 g/mol. The Morgan fingerprint density at radius 1 is 1.06 bits per heavy atom. The summed E-state index contributed by atoms with van der Waals surface area (Å²) in [6, 6.07) is 7.45. The lowest BCUT2D eigenvalue weighted by molar-refractivity contribution is -0.0257. The van der Waals surface area contributed by atoms with E-state index in [9.17, 15) is 9.59 Å². The smallest absolute Gasteiger partial charge is 0.373 e. The maximum Gasteiger partial charge on any atom is 0.373 e. The summed E-state index contributed by atoms with van der Waals surface area (Å²) >= 11 is 0. The van der Waals surface area contributed by atoms with Crippen molar-refractivity contribution in [3.63, 3.8) is 0 Å². The van der Waals surface area contributed by atoms with E-state index < -0.39 is 5.97 Å². The largest absolute Gasteiger partial charge is 0.475 e. The highest BCUT2D eigenvalue weighted by molar-refractivity contribution is 5.98. The molecule has 1 saturated heterocycles. The van der Waals surface area contributed by atoms with E-state index in [4.69, 9.17) is 9.84 Å². The SMILES string of the molecule is O=C(O)c1ncc(-c2cn(-c3ccccc3C(=O)N3CCOCC3C3CCCCC3)nn2)cn1. The van der Waals surface area contributed by atoms with Gasteiger partial charge in [0.2, 0.25) is 5.82 Å². The first kappa shape index (κ1) is 22.1. The average Bonchev–Trinajstić information content (AvgIpc) is 3.39. The number of carbonyl (C=O) groups excluding carboxylic acids is 1. The van der Waals surface area contributed by atoms with E-state index in [0.29, 0.717) is 48.2 Å². The summed E-state index contributed by atoms with van der Waals surface area (Å²) in [5.41, 5.74) is 2.19. The molecule has 176 valence electrons. The van der Waals surface area contributed by atoms with Crippen molar-refractivity contribution in [3.8, 4) is 16.9 Å². The van der Waals surface area contributed by atoms with Crippen molar-refractivity contribution in [1.82, 2.24) is 29.9 Å². The van der Waals surface area contributed by atoms with Crippen LogP contribution in [0.5, 0.6) is 0 Å². The molecule has 1 aliphatic carbocycles. The molecule has 0 bridgehead atoms. The molecule has 2 aromatic heterocycles. The molecule has 3 heterocycles. The number of aromatic nitrogens is 5. The molecule has 2 aliphatic rings. The van der Waals surface area contributed by atoms with Crippen molar-refractivity contribution < 1.29 is 19.4 Å². The van der Waals surface area contributed by atoms with Crippen LogP contribution in [0.15, 0.2) is 42.9 Å². The van der Waals surface area contributed by atoms with Crippen molar-refractivity contribution in [2.24, 2.45) is 5.92 Å². The fraction of sp³-hybridized carbons (Fsp3) is 0.417. The molecule has 34 heavy (non-hydrogen) atoms. The second kappa shape index (κ2) is 9.68. The van der Waals surface area contributed by atoms with Crippen LogP contribution in [0.3, 0.4) is 0 Å². The summed E-state index contributed by atoms with van der Waals surface area (Å²) in [5, 5.41) is 17.4. The molecule has 3 aromatic rings. The molecule has 0 radical (unpaired) electrons. The third kappa shape index (κ3) is 4.41. The van der Waals surface area contributed by atoms with Crippen LogP contribution in [-0.4, -0.2) is 72.6 Å². The molecule has 1 amide bonds. The van der Waals surface area contributed by atoms with E-state index in [-0.39, 0.29) is 17.8 Å². The van der Waals surface area contributed by atoms with Crippen LogP contribution in [0.2, 0.25) is 0 Å². The molecular weight excluding hydrogens is 436 g/mol. The molecule has 1 atom stereocenters. The molecule has 0 spiro atoms. The number of nitrogens with zero attached hydrogens (tertiary/aromatic N) is 6. The van der Waals surface area contributed by atoms with Crippen molar-refractivity contribution >= 4 is 11.9 Å². The Bertz CT molecular complexity index is 1170. The maximum absolute atomic E-state index is 13.8. The number of para-hydroxylation sites is 1.